The van der Waals surface area contributed by atoms with Crippen LogP contribution in [-0.4, -0.2) is 30.1 Å². The molecule has 0 aliphatic heterocycles. The van der Waals surface area contributed by atoms with E-state index in [1.807, 2.05) is 48.7 Å². The first kappa shape index (κ1) is 19.3. The second-order valence-electron chi connectivity index (χ2n) is 7.00. The molecule has 9 heteroatoms. The maximum absolute atomic E-state index is 10.9. The van der Waals surface area contributed by atoms with Crippen LogP contribution in [0.3, 0.4) is 0 Å². The first-order valence-corrected chi connectivity index (χ1v) is 12.1. The van der Waals surface area contributed by atoms with Crippen LogP contribution in [0.25, 0.3) is 26.5 Å². The van der Waals surface area contributed by atoms with Gasteiger partial charge in [0.15, 0.2) is 11.0 Å². The highest BCUT2D eigenvalue weighted by molar-refractivity contribution is 7.99. The molecule has 1 aliphatic rings. The number of aliphatic hydroxyl groups excluding tert-OH is 1. The van der Waals surface area contributed by atoms with Crippen molar-refractivity contribution in [3.8, 4) is 16.8 Å². The summed E-state index contributed by atoms with van der Waals surface area (Å²) in [6.45, 7) is 1.88. The normalized spacial score (nSPS) is 15.7. The number of aliphatic hydroxyl groups is 1. The van der Waals surface area contributed by atoms with Gasteiger partial charge in [-0.2, -0.15) is 5.26 Å². The van der Waals surface area contributed by atoms with Gasteiger partial charge < -0.3 is 5.11 Å². The minimum atomic E-state index is -0.357. The van der Waals surface area contributed by atoms with Crippen molar-refractivity contribution in [2.45, 2.75) is 36.2 Å². The third-order valence-corrected chi connectivity index (χ3v) is 7.85. The molecule has 0 amide bonds. The van der Waals surface area contributed by atoms with Gasteiger partial charge in [-0.15, -0.1) is 32.9 Å². The number of thiazole rings is 1. The Kier molecular flexibility index (Phi) is 5.06. The lowest BCUT2D eigenvalue weighted by Crippen LogP contribution is -2.07. The summed E-state index contributed by atoms with van der Waals surface area (Å²) in [4.78, 5) is 5.61. The van der Waals surface area contributed by atoms with Gasteiger partial charge in [0.05, 0.1) is 20.3 Å². The highest BCUT2D eigenvalue weighted by Gasteiger charge is 2.32. The van der Waals surface area contributed by atoms with Crippen molar-refractivity contribution in [1.82, 2.24) is 19.7 Å². The van der Waals surface area contributed by atoms with E-state index in [0.717, 1.165) is 38.9 Å². The number of para-hydroxylation sites is 1. The molecule has 4 aromatic rings. The van der Waals surface area contributed by atoms with Crippen molar-refractivity contribution in [3.05, 3.63) is 52.5 Å². The summed E-state index contributed by atoms with van der Waals surface area (Å²) in [7, 11) is 0. The van der Waals surface area contributed by atoms with Crippen LogP contribution in [0.5, 0.6) is 0 Å². The lowest BCUT2D eigenvalue weighted by atomic mass is 10.2. The second kappa shape index (κ2) is 7.87. The molecule has 0 spiro atoms. The minimum Gasteiger partial charge on any atom is -0.510 e. The number of thiophene rings is 1. The molecule has 1 N–H and O–H groups in total. The number of nitriles is 1. The first-order chi connectivity index (χ1) is 14.7. The molecule has 1 aromatic carbocycles. The maximum Gasteiger partial charge on any atom is 0.192 e. The van der Waals surface area contributed by atoms with Crippen molar-refractivity contribution in [2.75, 3.05) is 0 Å². The van der Waals surface area contributed by atoms with E-state index < -0.39 is 0 Å². The number of hydrogen-bond donors (Lipinski definition) is 1. The lowest BCUT2D eigenvalue weighted by Gasteiger charge is -2.13. The number of aromatic nitrogens is 4. The Morgan fingerprint density at radius 2 is 2.10 bits per heavy atom. The van der Waals surface area contributed by atoms with E-state index in [0.29, 0.717) is 11.0 Å². The molecule has 3 heterocycles. The zero-order valence-electron chi connectivity index (χ0n) is 16.0. The number of allylic oxidation sites excluding steroid dienone is 1. The summed E-state index contributed by atoms with van der Waals surface area (Å²) < 4.78 is 3.16. The molecular formula is C21H17N5OS3. The van der Waals surface area contributed by atoms with E-state index in [-0.39, 0.29) is 16.6 Å². The molecule has 1 saturated carbocycles. The van der Waals surface area contributed by atoms with Crippen LogP contribution in [-0.2, 0) is 0 Å². The van der Waals surface area contributed by atoms with E-state index in [9.17, 15) is 10.4 Å². The standard InChI is InChI=1S/C21H17N5OS3/c1-12(18(27)14(11-22)20-23-15-5-2-3-6-16(15)30-20)29-21-25-24-19(17-7-4-10-28-17)26(21)13-8-9-13/h2-7,10,12-13,27H,8-9H2,1H3/b18-14-. The van der Waals surface area contributed by atoms with Gasteiger partial charge in [0, 0.05) is 6.04 Å². The Balaban J connectivity index is 1.47. The largest absolute Gasteiger partial charge is 0.510 e. The third kappa shape index (κ3) is 3.51. The first-order valence-electron chi connectivity index (χ1n) is 9.50. The fourth-order valence-corrected chi connectivity index (χ4v) is 5.86. The summed E-state index contributed by atoms with van der Waals surface area (Å²) in [6, 6.07) is 14.3. The van der Waals surface area contributed by atoms with E-state index >= 15 is 0 Å². The zero-order chi connectivity index (χ0) is 20.7. The Morgan fingerprint density at radius 3 is 2.80 bits per heavy atom. The molecule has 0 bridgehead atoms. The van der Waals surface area contributed by atoms with Crippen LogP contribution in [0.1, 0.15) is 30.8 Å². The smallest absolute Gasteiger partial charge is 0.192 e. The third-order valence-electron chi connectivity index (χ3n) is 4.86. The topological polar surface area (TPSA) is 87.6 Å². The van der Waals surface area contributed by atoms with Crippen molar-refractivity contribution >= 4 is 50.2 Å². The average Bonchev–Trinajstić information content (AvgIpc) is 3.15. The average molecular weight is 452 g/mol. The van der Waals surface area contributed by atoms with Crippen LogP contribution in [0.2, 0.25) is 0 Å². The maximum atomic E-state index is 10.9. The van der Waals surface area contributed by atoms with Gasteiger partial charge in [-0.3, -0.25) is 4.57 Å². The van der Waals surface area contributed by atoms with E-state index in [2.05, 4.69) is 25.8 Å². The number of fused-ring (bicyclic) bond motifs is 1. The van der Waals surface area contributed by atoms with Crippen molar-refractivity contribution in [2.24, 2.45) is 0 Å². The minimum absolute atomic E-state index is 0.0181. The zero-order valence-corrected chi connectivity index (χ0v) is 18.5. The van der Waals surface area contributed by atoms with Gasteiger partial charge in [0.1, 0.15) is 22.4 Å². The van der Waals surface area contributed by atoms with Gasteiger partial charge >= 0.3 is 0 Å². The molecule has 3 aromatic heterocycles. The van der Waals surface area contributed by atoms with Gasteiger partial charge in [-0.05, 0) is 43.3 Å². The fourth-order valence-electron chi connectivity index (χ4n) is 3.20. The molecule has 0 saturated heterocycles. The molecule has 0 radical (unpaired) electrons. The summed E-state index contributed by atoms with van der Waals surface area (Å²) in [6.07, 6.45) is 2.21. The Morgan fingerprint density at radius 1 is 1.27 bits per heavy atom. The Bertz CT molecular complexity index is 1240. The highest BCUT2D eigenvalue weighted by Crippen LogP contribution is 2.43. The summed E-state index contributed by atoms with van der Waals surface area (Å²) >= 11 is 4.47. The SMILES string of the molecule is CC(Sc1nnc(-c2cccs2)n1C1CC1)/C(O)=C(\C#N)c1nc2ccccc2s1. The van der Waals surface area contributed by atoms with Crippen LogP contribution in [0.15, 0.2) is 52.7 Å². The Hall–Kier alpha value is -2.67. The monoisotopic (exact) mass is 451 g/mol. The van der Waals surface area contributed by atoms with Gasteiger partial charge in [-0.1, -0.05) is 30.0 Å². The van der Waals surface area contributed by atoms with E-state index in [1.54, 1.807) is 11.3 Å². The van der Waals surface area contributed by atoms with Crippen molar-refractivity contribution < 1.29 is 5.11 Å². The second-order valence-corrected chi connectivity index (χ2v) is 10.3. The van der Waals surface area contributed by atoms with Crippen LogP contribution >= 0.6 is 34.4 Å². The van der Waals surface area contributed by atoms with Crippen molar-refractivity contribution in [1.29, 1.82) is 5.26 Å². The van der Waals surface area contributed by atoms with Gasteiger partial charge in [0.2, 0.25) is 0 Å². The molecule has 150 valence electrons. The predicted octanol–water partition coefficient (Wildman–Crippen LogP) is 5.92. The number of rotatable bonds is 6. The molecule has 6 nitrogen and oxygen atoms in total. The number of benzene rings is 1. The van der Waals surface area contributed by atoms with Crippen LogP contribution < -0.4 is 0 Å². The molecular weight excluding hydrogens is 434 g/mol. The number of hydrogen-bond acceptors (Lipinski definition) is 8. The quantitative estimate of drug-likeness (QED) is 0.222. The molecule has 1 aliphatic carbocycles. The summed E-state index contributed by atoms with van der Waals surface area (Å²) in [5, 5.41) is 32.4. The molecule has 30 heavy (non-hydrogen) atoms. The molecule has 1 unspecified atom stereocenters. The van der Waals surface area contributed by atoms with Crippen LogP contribution in [0, 0.1) is 11.3 Å². The van der Waals surface area contributed by atoms with E-state index in [4.69, 9.17) is 0 Å². The molecule has 1 fully saturated rings. The lowest BCUT2D eigenvalue weighted by molar-refractivity contribution is 0.402. The highest BCUT2D eigenvalue weighted by atomic mass is 32.2. The molecule has 5 rings (SSSR count). The Labute approximate surface area is 185 Å². The van der Waals surface area contributed by atoms with Crippen LogP contribution in [0.4, 0.5) is 0 Å². The summed E-state index contributed by atoms with van der Waals surface area (Å²) in [5.74, 6) is 0.891. The summed E-state index contributed by atoms with van der Waals surface area (Å²) in [5.41, 5.74) is 1.04. The van der Waals surface area contributed by atoms with Gasteiger partial charge in [-0.25, -0.2) is 4.98 Å². The van der Waals surface area contributed by atoms with E-state index in [1.165, 1.54) is 23.1 Å². The van der Waals surface area contributed by atoms with Gasteiger partial charge in [0.25, 0.3) is 0 Å². The number of nitrogens with zero attached hydrogens (tertiary/aromatic N) is 5. The van der Waals surface area contributed by atoms with Crippen molar-refractivity contribution in [3.63, 3.8) is 0 Å². The predicted molar refractivity (Wildman–Crippen MR) is 122 cm³/mol. The number of thioether (sulfide) groups is 1. The fraction of sp³-hybridized carbons (Fsp3) is 0.238. The molecule has 1 atom stereocenters.